The number of nitrogens with one attached hydrogen (secondary N) is 1. The Morgan fingerprint density at radius 1 is 1.33 bits per heavy atom. The summed E-state index contributed by atoms with van der Waals surface area (Å²) >= 11 is 0. The van der Waals surface area contributed by atoms with Crippen molar-refractivity contribution < 1.29 is 18.1 Å². The van der Waals surface area contributed by atoms with Crippen molar-refractivity contribution in [3.63, 3.8) is 0 Å². The van der Waals surface area contributed by atoms with Gasteiger partial charge in [-0.25, -0.2) is 17.7 Å². The lowest BCUT2D eigenvalue weighted by atomic mass is 9.75. The van der Waals surface area contributed by atoms with Crippen LogP contribution >= 0.6 is 0 Å². The molecule has 6 heteroatoms. The lowest BCUT2D eigenvalue weighted by molar-refractivity contribution is -0.0372. The van der Waals surface area contributed by atoms with E-state index in [1.807, 2.05) is 13.8 Å². The molecule has 0 amide bonds. The van der Waals surface area contributed by atoms with Crippen LogP contribution in [-0.2, 0) is 16.4 Å². The van der Waals surface area contributed by atoms with E-state index < -0.39 is 34.6 Å². The predicted octanol–water partition coefficient (Wildman–Crippen LogP) is 2.67. The molecule has 0 fully saturated rings. The third-order valence-corrected chi connectivity index (χ3v) is 5.20. The molecule has 0 aliphatic rings. The van der Waals surface area contributed by atoms with E-state index in [1.54, 1.807) is 6.07 Å². The lowest BCUT2D eigenvalue weighted by Crippen LogP contribution is -2.60. The fourth-order valence-corrected chi connectivity index (χ4v) is 3.41. The van der Waals surface area contributed by atoms with Crippen molar-refractivity contribution in [1.82, 2.24) is 4.72 Å². The van der Waals surface area contributed by atoms with Crippen LogP contribution in [-0.4, -0.2) is 27.5 Å². The first-order chi connectivity index (χ1) is 9.64. The van der Waals surface area contributed by atoms with E-state index in [0.717, 1.165) is 0 Å². The molecule has 2 N–H and O–H groups in total. The largest absolute Gasteiger partial charge is 0.374 e. The Hall–Kier alpha value is -0.850. The molecule has 1 aromatic rings. The van der Waals surface area contributed by atoms with Gasteiger partial charge in [-0.1, -0.05) is 32.0 Å². The number of aliphatic hydroxyl groups is 1. The van der Waals surface area contributed by atoms with Crippen LogP contribution in [0.4, 0.5) is 8.78 Å². The summed E-state index contributed by atoms with van der Waals surface area (Å²) < 4.78 is 42.1. The minimum absolute atomic E-state index is 0.0477. The summed E-state index contributed by atoms with van der Waals surface area (Å²) in [5, 5.41) is 10.6. The van der Waals surface area contributed by atoms with Gasteiger partial charge in [0.1, 0.15) is 18.2 Å². The maximum Gasteiger partial charge on any atom is 0.135 e. The van der Waals surface area contributed by atoms with E-state index in [9.17, 15) is 18.1 Å². The van der Waals surface area contributed by atoms with Crippen molar-refractivity contribution >= 4 is 11.0 Å². The van der Waals surface area contributed by atoms with Gasteiger partial charge in [-0.3, -0.25) is 0 Å². The Labute approximate surface area is 127 Å². The first-order valence-corrected chi connectivity index (χ1v) is 8.15. The highest BCUT2D eigenvalue weighted by atomic mass is 32.2. The van der Waals surface area contributed by atoms with Gasteiger partial charge in [-0.15, -0.1) is 0 Å². The van der Waals surface area contributed by atoms with Crippen molar-refractivity contribution in [2.45, 2.75) is 38.8 Å². The van der Waals surface area contributed by atoms with E-state index in [-0.39, 0.29) is 11.5 Å². The average Bonchev–Trinajstić information content (AvgIpc) is 2.36. The summed E-state index contributed by atoms with van der Waals surface area (Å²) in [6.07, 6.45) is 0. The number of hydrogen-bond donors (Lipinski definition) is 2. The molecule has 0 aliphatic heterocycles. The minimum Gasteiger partial charge on any atom is -0.374 e. The molecule has 120 valence electrons. The third kappa shape index (κ3) is 4.08. The highest BCUT2D eigenvalue weighted by molar-refractivity contribution is 7.83. The van der Waals surface area contributed by atoms with Gasteiger partial charge in [-0.05, 0) is 25.8 Å². The molecule has 0 heterocycles. The Kier molecular flexibility index (Phi) is 6.01. The highest BCUT2D eigenvalue weighted by Crippen LogP contribution is 2.36. The van der Waals surface area contributed by atoms with Gasteiger partial charge in [-0.2, -0.15) is 0 Å². The SMILES string of the molecule is CC(C)CS(=O)N[C@](C)(O)[C@](C)(CF)c1ccccc1F. The molecule has 1 unspecified atom stereocenters. The lowest BCUT2D eigenvalue weighted by Gasteiger charge is -2.41. The minimum atomic E-state index is -1.86. The molecule has 1 aromatic carbocycles. The van der Waals surface area contributed by atoms with Crippen molar-refractivity contribution in [3.05, 3.63) is 35.6 Å². The molecule has 0 spiro atoms. The van der Waals surface area contributed by atoms with Gasteiger partial charge in [0.2, 0.25) is 0 Å². The van der Waals surface area contributed by atoms with Crippen LogP contribution in [0.2, 0.25) is 0 Å². The van der Waals surface area contributed by atoms with E-state index in [0.29, 0.717) is 5.75 Å². The standard InChI is InChI=1S/C15H23F2NO2S/c1-11(2)9-21(20)18-15(4,19)14(3,10-16)12-7-5-6-8-13(12)17/h5-8,11,18-19H,9-10H2,1-4H3/t14-,15-,21?/m1/s1. The summed E-state index contributed by atoms with van der Waals surface area (Å²) in [7, 11) is -1.54. The zero-order valence-corrected chi connectivity index (χ0v) is 13.6. The van der Waals surface area contributed by atoms with Gasteiger partial charge in [0.15, 0.2) is 0 Å². The fourth-order valence-electron chi connectivity index (χ4n) is 2.05. The number of halogens is 2. The third-order valence-electron chi connectivity index (χ3n) is 3.61. The van der Waals surface area contributed by atoms with Crippen LogP contribution in [0.5, 0.6) is 0 Å². The van der Waals surface area contributed by atoms with Crippen molar-refractivity contribution in [1.29, 1.82) is 0 Å². The van der Waals surface area contributed by atoms with Gasteiger partial charge in [0, 0.05) is 11.3 Å². The summed E-state index contributed by atoms with van der Waals surface area (Å²) in [6, 6.07) is 5.71. The van der Waals surface area contributed by atoms with Crippen LogP contribution in [0.1, 0.15) is 33.3 Å². The molecule has 0 aliphatic carbocycles. The maximum atomic E-state index is 14.0. The molecular formula is C15H23F2NO2S. The van der Waals surface area contributed by atoms with Gasteiger partial charge in [0.05, 0.1) is 16.4 Å². The smallest absolute Gasteiger partial charge is 0.135 e. The van der Waals surface area contributed by atoms with Gasteiger partial charge < -0.3 is 5.11 Å². The van der Waals surface area contributed by atoms with E-state index in [4.69, 9.17) is 0 Å². The Balaban J connectivity index is 3.11. The molecule has 0 saturated carbocycles. The van der Waals surface area contributed by atoms with E-state index >= 15 is 0 Å². The predicted molar refractivity (Wildman–Crippen MR) is 81.3 cm³/mol. The topological polar surface area (TPSA) is 49.3 Å². The first-order valence-electron chi connectivity index (χ1n) is 6.83. The molecule has 1 rings (SSSR count). The number of benzene rings is 1. The normalized spacial score (nSPS) is 19.0. The van der Waals surface area contributed by atoms with Gasteiger partial charge in [0.25, 0.3) is 0 Å². The second-order valence-corrected chi connectivity index (χ2v) is 7.25. The zero-order chi connectivity index (χ0) is 16.3. The van der Waals surface area contributed by atoms with E-state index in [2.05, 4.69) is 4.72 Å². The average molecular weight is 319 g/mol. The molecule has 0 aromatic heterocycles. The number of rotatable bonds is 7. The second kappa shape index (κ2) is 6.94. The molecule has 0 radical (unpaired) electrons. The Bertz CT molecular complexity index is 508. The van der Waals surface area contributed by atoms with E-state index in [1.165, 1.54) is 32.0 Å². The number of alkyl halides is 1. The van der Waals surface area contributed by atoms with Crippen molar-refractivity contribution in [3.8, 4) is 0 Å². The highest BCUT2D eigenvalue weighted by Gasteiger charge is 2.47. The zero-order valence-electron chi connectivity index (χ0n) is 12.8. The van der Waals surface area contributed by atoms with Crippen LogP contribution in [0.25, 0.3) is 0 Å². The summed E-state index contributed by atoms with van der Waals surface area (Å²) in [6.45, 7) is 5.51. The number of hydrogen-bond acceptors (Lipinski definition) is 2. The van der Waals surface area contributed by atoms with Gasteiger partial charge >= 0.3 is 0 Å². The molecule has 21 heavy (non-hydrogen) atoms. The Morgan fingerprint density at radius 2 is 1.90 bits per heavy atom. The summed E-state index contributed by atoms with van der Waals surface area (Å²) in [5.74, 6) is -0.135. The van der Waals surface area contributed by atoms with Crippen LogP contribution in [0.3, 0.4) is 0 Å². The summed E-state index contributed by atoms with van der Waals surface area (Å²) in [5.41, 5.74) is -3.36. The van der Waals surface area contributed by atoms with Crippen LogP contribution in [0, 0.1) is 11.7 Å². The van der Waals surface area contributed by atoms with Crippen molar-refractivity contribution in [2.75, 3.05) is 12.4 Å². The monoisotopic (exact) mass is 319 g/mol. The molecule has 0 saturated heterocycles. The fraction of sp³-hybridized carbons (Fsp3) is 0.600. The quantitative estimate of drug-likeness (QED) is 0.759. The Morgan fingerprint density at radius 3 is 2.38 bits per heavy atom. The molecule has 0 bridgehead atoms. The molecule has 3 nitrogen and oxygen atoms in total. The maximum absolute atomic E-state index is 14.0. The summed E-state index contributed by atoms with van der Waals surface area (Å²) in [4.78, 5) is 0. The first kappa shape index (κ1) is 18.2. The van der Waals surface area contributed by atoms with Crippen molar-refractivity contribution in [2.24, 2.45) is 5.92 Å². The molecule has 3 atom stereocenters. The molecular weight excluding hydrogens is 296 g/mol. The van der Waals surface area contributed by atoms with Crippen LogP contribution < -0.4 is 4.72 Å². The van der Waals surface area contributed by atoms with Crippen LogP contribution in [0.15, 0.2) is 24.3 Å². The second-order valence-electron chi connectivity index (χ2n) is 6.03.